The van der Waals surface area contributed by atoms with E-state index in [-0.39, 0.29) is 24.8 Å². The van der Waals surface area contributed by atoms with Gasteiger partial charge in [0.05, 0.1) is 17.6 Å². The number of amides is 1. The van der Waals surface area contributed by atoms with Gasteiger partial charge in [0.1, 0.15) is 0 Å². The summed E-state index contributed by atoms with van der Waals surface area (Å²) in [7, 11) is 0. The first kappa shape index (κ1) is 13.8. The highest BCUT2D eigenvalue weighted by molar-refractivity contribution is 6.02. The van der Waals surface area contributed by atoms with E-state index in [0.29, 0.717) is 11.0 Å². The van der Waals surface area contributed by atoms with Crippen molar-refractivity contribution in [2.45, 2.75) is 6.54 Å². The first-order valence-electron chi connectivity index (χ1n) is 6.36. The van der Waals surface area contributed by atoms with Crippen LogP contribution in [0.3, 0.4) is 0 Å². The minimum Gasteiger partial charge on any atom is -0.395 e. The van der Waals surface area contributed by atoms with Gasteiger partial charge in [-0.25, -0.2) is 4.98 Å². The molecule has 10 heteroatoms. The summed E-state index contributed by atoms with van der Waals surface area (Å²) in [6, 6.07) is 6.86. The molecular formula is C12H11N7O3. The van der Waals surface area contributed by atoms with Crippen LogP contribution in [0.15, 0.2) is 29.1 Å². The van der Waals surface area contributed by atoms with Gasteiger partial charge in [0.2, 0.25) is 0 Å². The molecule has 1 aromatic carbocycles. The Morgan fingerprint density at radius 2 is 2.18 bits per heavy atom. The topological polar surface area (TPSA) is 139 Å². The lowest BCUT2D eigenvalue weighted by molar-refractivity contribution is 0.101. The van der Waals surface area contributed by atoms with Crippen LogP contribution in [0.2, 0.25) is 0 Å². The Balaban J connectivity index is 2.11. The molecule has 0 bridgehead atoms. The molecule has 0 radical (unpaired) electrons. The Labute approximate surface area is 122 Å². The van der Waals surface area contributed by atoms with Crippen molar-refractivity contribution in [3.8, 4) is 0 Å². The summed E-state index contributed by atoms with van der Waals surface area (Å²) in [5.41, 5.74) is 0.0946. The lowest BCUT2D eigenvalue weighted by Gasteiger charge is -2.10. The Bertz CT molecular complexity index is 872. The van der Waals surface area contributed by atoms with E-state index in [1.54, 1.807) is 24.3 Å². The first-order chi connectivity index (χ1) is 10.7. The predicted molar refractivity (Wildman–Crippen MR) is 75.2 cm³/mol. The van der Waals surface area contributed by atoms with Crippen molar-refractivity contribution in [3.63, 3.8) is 0 Å². The summed E-state index contributed by atoms with van der Waals surface area (Å²) in [4.78, 5) is 28.7. The van der Waals surface area contributed by atoms with E-state index in [1.165, 1.54) is 4.57 Å². The number of carbonyl (C=O) groups is 1. The molecule has 0 aliphatic rings. The number of rotatable bonds is 4. The zero-order chi connectivity index (χ0) is 15.5. The van der Waals surface area contributed by atoms with Crippen LogP contribution in [0.5, 0.6) is 0 Å². The number of benzene rings is 1. The monoisotopic (exact) mass is 301 g/mol. The van der Waals surface area contributed by atoms with Crippen LogP contribution in [0.1, 0.15) is 10.5 Å². The van der Waals surface area contributed by atoms with Gasteiger partial charge in [0.15, 0.2) is 5.69 Å². The van der Waals surface area contributed by atoms with Crippen LogP contribution >= 0.6 is 0 Å². The maximum Gasteiger partial charge on any atom is 0.282 e. The van der Waals surface area contributed by atoms with Gasteiger partial charge in [-0.15, -0.1) is 5.10 Å². The number of anilines is 1. The lowest BCUT2D eigenvalue weighted by Crippen LogP contribution is -2.32. The fourth-order valence-electron chi connectivity index (χ4n) is 2.04. The summed E-state index contributed by atoms with van der Waals surface area (Å²) in [6.45, 7) is -0.176. The fraction of sp³-hybridized carbons (Fsp3) is 0.167. The summed E-state index contributed by atoms with van der Waals surface area (Å²) >= 11 is 0. The van der Waals surface area contributed by atoms with E-state index in [9.17, 15) is 9.59 Å². The number of fused-ring (bicyclic) bond motifs is 1. The Hall–Kier alpha value is -3.14. The first-order valence-corrected chi connectivity index (χ1v) is 6.36. The number of hydrogen-bond acceptors (Lipinski definition) is 7. The van der Waals surface area contributed by atoms with Crippen LogP contribution in [0.4, 0.5) is 5.95 Å². The third-order valence-corrected chi connectivity index (χ3v) is 2.96. The molecule has 0 atom stereocenters. The molecule has 2 aromatic heterocycles. The second kappa shape index (κ2) is 5.69. The predicted octanol–water partition coefficient (Wildman–Crippen LogP) is -0.846. The van der Waals surface area contributed by atoms with Crippen molar-refractivity contribution in [3.05, 3.63) is 40.3 Å². The van der Waals surface area contributed by atoms with E-state index >= 15 is 0 Å². The molecule has 3 aromatic rings. The van der Waals surface area contributed by atoms with Gasteiger partial charge in [-0.1, -0.05) is 17.2 Å². The van der Waals surface area contributed by atoms with Gasteiger partial charge in [0, 0.05) is 6.54 Å². The molecule has 10 nitrogen and oxygen atoms in total. The molecular weight excluding hydrogens is 290 g/mol. The number of para-hydroxylation sites is 2. The highest BCUT2D eigenvalue weighted by Gasteiger charge is 2.18. The van der Waals surface area contributed by atoms with Crippen molar-refractivity contribution in [2.75, 3.05) is 11.9 Å². The molecule has 0 spiro atoms. The molecule has 0 unspecified atom stereocenters. The van der Waals surface area contributed by atoms with Crippen molar-refractivity contribution < 1.29 is 9.90 Å². The molecule has 1 amide bonds. The molecule has 0 aliphatic heterocycles. The molecule has 0 saturated heterocycles. The minimum atomic E-state index is -0.746. The smallest absolute Gasteiger partial charge is 0.282 e. The minimum absolute atomic E-state index is 0.0599. The number of aromatic nitrogens is 6. The van der Waals surface area contributed by atoms with Gasteiger partial charge >= 0.3 is 0 Å². The Morgan fingerprint density at radius 1 is 1.36 bits per heavy atom. The fourth-order valence-corrected chi connectivity index (χ4v) is 2.04. The molecule has 0 fully saturated rings. The number of tetrazole rings is 1. The number of nitrogens with one attached hydrogen (secondary N) is 2. The average molecular weight is 301 g/mol. The number of nitrogens with zero attached hydrogens (tertiary/aromatic N) is 5. The molecule has 0 saturated carbocycles. The van der Waals surface area contributed by atoms with Crippen molar-refractivity contribution in [1.82, 2.24) is 30.2 Å². The van der Waals surface area contributed by atoms with Crippen LogP contribution in [-0.4, -0.2) is 47.8 Å². The highest BCUT2D eigenvalue weighted by Crippen LogP contribution is 2.10. The zero-order valence-electron chi connectivity index (χ0n) is 11.2. The van der Waals surface area contributed by atoms with Crippen molar-refractivity contribution >= 4 is 22.9 Å². The van der Waals surface area contributed by atoms with Gasteiger partial charge in [0.25, 0.3) is 17.4 Å². The largest absolute Gasteiger partial charge is 0.395 e. The number of aliphatic hydroxyl groups excluding tert-OH is 1. The second-order valence-corrected chi connectivity index (χ2v) is 4.32. The van der Waals surface area contributed by atoms with E-state index in [1.807, 2.05) is 0 Å². The summed E-state index contributed by atoms with van der Waals surface area (Å²) in [5.74, 6) is -0.808. The van der Waals surface area contributed by atoms with E-state index < -0.39 is 11.5 Å². The van der Waals surface area contributed by atoms with Gasteiger partial charge in [-0.3, -0.25) is 14.9 Å². The standard InChI is InChI=1S/C12H11N7O3/c20-6-5-19-8-4-2-1-3-7(8)13-9(11(19)22)10(21)14-12-15-17-18-16-12/h1-4,20H,5-6H2,(H2,14,15,16,17,18,21). The van der Waals surface area contributed by atoms with Crippen molar-refractivity contribution in [1.29, 1.82) is 0 Å². The zero-order valence-corrected chi connectivity index (χ0v) is 11.2. The maximum atomic E-state index is 12.4. The number of hydrogen-bond donors (Lipinski definition) is 3. The normalized spacial score (nSPS) is 10.8. The lowest BCUT2D eigenvalue weighted by atomic mass is 10.2. The number of aromatic amines is 1. The summed E-state index contributed by atoms with van der Waals surface area (Å²) in [6.07, 6.45) is 0. The Morgan fingerprint density at radius 3 is 2.91 bits per heavy atom. The quantitative estimate of drug-likeness (QED) is 0.570. The van der Waals surface area contributed by atoms with Crippen molar-refractivity contribution in [2.24, 2.45) is 0 Å². The maximum absolute atomic E-state index is 12.4. The number of carbonyl (C=O) groups excluding carboxylic acids is 1. The molecule has 0 aliphatic carbocycles. The van der Waals surface area contributed by atoms with E-state index in [4.69, 9.17) is 5.11 Å². The van der Waals surface area contributed by atoms with Crippen LogP contribution in [0, 0.1) is 0 Å². The second-order valence-electron chi connectivity index (χ2n) is 4.32. The van der Waals surface area contributed by atoms with E-state index in [2.05, 4.69) is 30.9 Å². The van der Waals surface area contributed by atoms with Gasteiger partial charge in [-0.05, 0) is 17.3 Å². The van der Waals surface area contributed by atoms with Crippen LogP contribution < -0.4 is 10.9 Å². The summed E-state index contributed by atoms with van der Waals surface area (Å²) in [5, 5.41) is 24.1. The molecule has 3 N–H and O–H groups in total. The molecule has 2 heterocycles. The van der Waals surface area contributed by atoms with E-state index in [0.717, 1.165) is 0 Å². The number of H-pyrrole nitrogens is 1. The SMILES string of the molecule is O=C(Nc1nn[nH]n1)c1nc2ccccc2n(CCO)c1=O. The van der Waals surface area contributed by atoms with Gasteiger partial charge < -0.3 is 9.67 Å². The third kappa shape index (κ3) is 2.42. The average Bonchev–Trinajstić information content (AvgIpc) is 3.02. The van der Waals surface area contributed by atoms with Crippen LogP contribution in [0.25, 0.3) is 11.0 Å². The molecule has 3 rings (SSSR count). The number of aliphatic hydroxyl groups is 1. The molecule has 22 heavy (non-hydrogen) atoms. The highest BCUT2D eigenvalue weighted by atomic mass is 16.3. The summed E-state index contributed by atoms with van der Waals surface area (Å²) < 4.78 is 1.30. The van der Waals surface area contributed by atoms with Gasteiger partial charge in [-0.2, -0.15) is 5.21 Å². The third-order valence-electron chi connectivity index (χ3n) is 2.96. The Kier molecular flexibility index (Phi) is 3.58. The molecule has 112 valence electrons. The van der Waals surface area contributed by atoms with Crippen LogP contribution in [-0.2, 0) is 6.54 Å².